The minimum absolute atomic E-state index is 0.0330. The highest BCUT2D eigenvalue weighted by atomic mass is 35.5. The topological polar surface area (TPSA) is 130 Å². The van der Waals surface area contributed by atoms with Crippen molar-refractivity contribution < 1.29 is 22.9 Å². The fourth-order valence-electron chi connectivity index (χ4n) is 4.20. The lowest BCUT2D eigenvalue weighted by Gasteiger charge is -2.34. The molecule has 0 saturated carbocycles. The van der Waals surface area contributed by atoms with Gasteiger partial charge in [-0.25, -0.2) is 8.42 Å². The van der Waals surface area contributed by atoms with Crippen LogP contribution in [0.4, 0.5) is 11.4 Å². The summed E-state index contributed by atoms with van der Waals surface area (Å²) in [5, 5.41) is 14.7. The number of amides is 2. The summed E-state index contributed by atoms with van der Waals surface area (Å²) in [5.41, 5.74) is 0.187. The fourth-order valence-corrected chi connectivity index (χ4v) is 6.16. The summed E-state index contributed by atoms with van der Waals surface area (Å²) >= 11 is 12.8. The molecule has 224 valence electrons. The molecule has 0 aromatic heterocycles. The third-order valence-corrected chi connectivity index (χ3v) is 9.23. The smallest absolute Gasteiger partial charge is 0.269 e. The Morgan fingerprint density at radius 1 is 0.929 bits per heavy atom. The van der Waals surface area contributed by atoms with E-state index in [4.69, 9.17) is 23.2 Å². The molecule has 0 bridgehead atoms. The number of hydrogen-bond acceptors (Lipinski definition) is 6. The second-order valence-electron chi connectivity index (χ2n) is 9.56. The number of anilines is 1. The van der Waals surface area contributed by atoms with E-state index in [1.807, 2.05) is 13.8 Å². The first-order chi connectivity index (χ1) is 19.9. The standard InChI is InChI=1S/C29H32Cl2N4O6S/c1-4-20(3)32-29(37)27(5-2)33(18-24-25(30)12-9-13-26(24)31)28(36)19-34(21-14-16-22(17-15-21)35(38)39)42(40,41)23-10-7-6-8-11-23/h6-17,20,27H,4-5,18-19H2,1-3H3,(H,32,37)/t20-,27-/m0/s1. The number of rotatable bonds is 13. The lowest BCUT2D eigenvalue weighted by atomic mass is 10.1. The molecule has 10 nitrogen and oxygen atoms in total. The average molecular weight is 636 g/mol. The molecule has 1 N–H and O–H groups in total. The number of non-ortho nitro benzene ring substituents is 1. The molecule has 0 spiro atoms. The van der Waals surface area contributed by atoms with Gasteiger partial charge >= 0.3 is 0 Å². The van der Waals surface area contributed by atoms with Crippen molar-refractivity contribution in [2.45, 2.75) is 57.1 Å². The number of nitro groups is 1. The van der Waals surface area contributed by atoms with Crippen LogP contribution in [-0.2, 0) is 26.2 Å². The van der Waals surface area contributed by atoms with Crippen molar-refractivity contribution in [2.24, 2.45) is 0 Å². The van der Waals surface area contributed by atoms with Crippen LogP contribution in [0, 0.1) is 10.1 Å². The molecule has 0 saturated heterocycles. The molecule has 2 atom stereocenters. The Balaban J connectivity index is 2.11. The predicted molar refractivity (Wildman–Crippen MR) is 163 cm³/mol. The van der Waals surface area contributed by atoms with Crippen molar-refractivity contribution >= 4 is 56.4 Å². The molecule has 42 heavy (non-hydrogen) atoms. The molecule has 0 aliphatic heterocycles. The Morgan fingerprint density at radius 3 is 2.05 bits per heavy atom. The third-order valence-electron chi connectivity index (χ3n) is 6.74. The molecule has 3 rings (SSSR count). The molecule has 3 aromatic carbocycles. The summed E-state index contributed by atoms with van der Waals surface area (Å²) in [6, 6.07) is 16.0. The van der Waals surface area contributed by atoms with Gasteiger partial charge in [-0.2, -0.15) is 0 Å². The van der Waals surface area contributed by atoms with Crippen LogP contribution in [0.1, 0.15) is 39.2 Å². The van der Waals surface area contributed by atoms with Crippen LogP contribution in [-0.4, -0.2) is 48.7 Å². The van der Waals surface area contributed by atoms with Gasteiger partial charge < -0.3 is 10.2 Å². The highest BCUT2D eigenvalue weighted by molar-refractivity contribution is 7.92. The minimum Gasteiger partial charge on any atom is -0.352 e. The highest BCUT2D eigenvalue weighted by Gasteiger charge is 2.34. The Bertz CT molecular complexity index is 1500. The Labute approximate surface area is 255 Å². The van der Waals surface area contributed by atoms with E-state index in [0.29, 0.717) is 12.0 Å². The van der Waals surface area contributed by atoms with E-state index in [2.05, 4.69) is 5.32 Å². The fraction of sp³-hybridized carbons (Fsp3) is 0.310. The van der Waals surface area contributed by atoms with Gasteiger partial charge in [0.1, 0.15) is 12.6 Å². The highest BCUT2D eigenvalue weighted by Crippen LogP contribution is 2.29. The van der Waals surface area contributed by atoms with Gasteiger partial charge in [-0.15, -0.1) is 0 Å². The molecular weight excluding hydrogens is 603 g/mol. The lowest BCUT2D eigenvalue weighted by molar-refractivity contribution is -0.384. The third kappa shape index (κ3) is 7.78. The summed E-state index contributed by atoms with van der Waals surface area (Å²) in [4.78, 5) is 39.3. The van der Waals surface area contributed by atoms with E-state index < -0.39 is 39.3 Å². The first-order valence-corrected chi connectivity index (χ1v) is 15.4. The van der Waals surface area contributed by atoms with Crippen molar-refractivity contribution in [1.82, 2.24) is 10.2 Å². The van der Waals surface area contributed by atoms with E-state index in [9.17, 15) is 28.1 Å². The zero-order valence-corrected chi connectivity index (χ0v) is 25.7. The van der Waals surface area contributed by atoms with E-state index in [0.717, 1.165) is 16.4 Å². The molecule has 0 radical (unpaired) electrons. The van der Waals surface area contributed by atoms with E-state index in [1.165, 1.54) is 29.2 Å². The van der Waals surface area contributed by atoms with Crippen LogP contribution < -0.4 is 9.62 Å². The van der Waals surface area contributed by atoms with Gasteiger partial charge in [0.15, 0.2) is 0 Å². The number of carbonyl (C=O) groups is 2. The summed E-state index contributed by atoms with van der Waals surface area (Å²) in [5.74, 6) is -1.11. The maximum Gasteiger partial charge on any atom is 0.269 e. The number of halogens is 2. The zero-order chi connectivity index (χ0) is 31.0. The number of nitro benzene ring substituents is 1. The van der Waals surface area contributed by atoms with E-state index >= 15 is 0 Å². The zero-order valence-electron chi connectivity index (χ0n) is 23.4. The number of sulfonamides is 1. The number of hydrogen-bond donors (Lipinski definition) is 1. The average Bonchev–Trinajstić information content (AvgIpc) is 2.97. The van der Waals surface area contributed by atoms with Gasteiger partial charge in [-0.05, 0) is 56.2 Å². The summed E-state index contributed by atoms with van der Waals surface area (Å²) in [7, 11) is -4.32. The van der Waals surface area contributed by atoms with Gasteiger partial charge in [0.05, 0.1) is 15.5 Å². The maximum absolute atomic E-state index is 14.1. The van der Waals surface area contributed by atoms with Crippen LogP contribution in [0.5, 0.6) is 0 Å². The molecule has 0 aliphatic carbocycles. The van der Waals surface area contributed by atoms with Gasteiger partial charge in [-0.3, -0.25) is 24.0 Å². The SMILES string of the molecule is CC[C@H](C)NC(=O)[C@H](CC)N(Cc1c(Cl)cccc1Cl)C(=O)CN(c1ccc([N+](=O)[O-])cc1)S(=O)(=O)c1ccccc1. The van der Waals surface area contributed by atoms with Crippen LogP contribution in [0.15, 0.2) is 77.7 Å². The number of carbonyl (C=O) groups excluding carboxylic acids is 2. The number of nitrogens with zero attached hydrogens (tertiary/aromatic N) is 3. The predicted octanol–water partition coefficient (Wildman–Crippen LogP) is 5.82. The second-order valence-corrected chi connectivity index (χ2v) is 12.2. The van der Waals surface area contributed by atoms with Gasteiger partial charge in [0.25, 0.3) is 15.7 Å². The number of benzene rings is 3. The van der Waals surface area contributed by atoms with Crippen LogP contribution in [0.25, 0.3) is 0 Å². The van der Waals surface area contributed by atoms with Crippen LogP contribution in [0.2, 0.25) is 10.0 Å². The summed E-state index contributed by atoms with van der Waals surface area (Å²) < 4.78 is 28.5. The Morgan fingerprint density at radius 2 is 1.52 bits per heavy atom. The summed E-state index contributed by atoms with van der Waals surface area (Å²) in [6.07, 6.45) is 0.884. The van der Waals surface area contributed by atoms with Gasteiger partial charge in [0.2, 0.25) is 11.8 Å². The molecular formula is C29H32Cl2N4O6S. The minimum atomic E-state index is -4.32. The Hall–Kier alpha value is -3.67. The van der Waals surface area contributed by atoms with Crippen LogP contribution in [0.3, 0.4) is 0 Å². The second kappa shape index (κ2) is 14.5. The van der Waals surface area contributed by atoms with E-state index in [-0.39, 0.29) is 45.3 Å². The monoisotopic (exact) mass is 634 g/mol. The lowest BCUT2D eigenvalue weighted by Crippen LogP contribution is -2.53. The molecule has 0 aliphatic rings. The molecule has 0 fully saturated rings. The first-order valence-electron chi connectivity index (χ1n) is 13.3. The molecule has 2 amide bonds. The maximum atomic E-state index is 14.1. The quantitative estimate of drug-likeness (QED) is 0.186. The van der Waals surface area contributed by atoms with Crippen molar-refractivity contribution in [3.05, 3.63) is 98.5 Å². The van der Waals surface area contributed by atoms with Crippen LogP contribution >= 0.6 is 23.2 Å². The van der Waals surface area contributed by atoms with Crippen molar-refractivity contribution in [3.63, 3.8) is 0 Å². The number of nitrogens with one attached hydrogen (secondary N) is 1. The van der Waals surface area contributed by atoms with E-state index in [1.54, 1.807) is 43.3 Å². The van der Waals surface area contributed by atoms with Gasteiger partial charge in [0, 0.05) is 40.3 Å². The largest absolute Gasteiger partial charge is 0.352 e. The molecule has 0 unspecified atom stereocenters. The molecule has 3 aromatic rings. The van der Waals surface area contributed by atoms with Crippen molar-refractivity contribution in [1.29, 1.82) is 0 Å². The van der Waals surface area contributed by atoms with Crippen molar-refractivity contribution in [3.8, 4) is 0 Å². The molecule has 0 heterocycles. The Kier molecular flexibility index (Phi) is 11.3. The first kappa shape index (κ1) is 32.8. The normalized spacial score (nSPS) is 12.7. The molecule has 13 heteroatoms. The van der Waals surface area contributed by atoms with Crippen molar-refractivity contribution in [2.75, 3.05) is 10.8 Å². The summed E-state index contributed by atoms with van der Waals surface area (Å²) in [6.45, 7) is 4.62. The van der Waals surface area contributed by atoms with Gasteiger partial charge in [-0.1, -0.05) is 61.3 Å².